The van der Waals surface area contributed by atoms with E-state index in [9.17, 15) is 24.6 Å². The summed E-state index contributed by atoms with van der Waals surface area (Å²) in [5, 5.41) is 27.6. The van der Waals surface area contributed by atoms with Gasteiger partial charge in [0.2, 0.25) is 0 Å². The molecule has 1 heterocycles. The van der Waals surface area contributed by atoms with Gasteiger partial charge in [0.25, 0.3) is 0 Å². The first-order chi connectivity index (χ1) is 13.4. The minimum absolute atomic E-state index is 0.0601. The number of nitrogens with zero attached hydrogens (tertiary/aromatic N) is 4. The van der Waals surface area contributed by atoms with Gasteiger partial charge in [0.15, 0.2) is 0 Å². The van der Waals surface area contributed by atoms with Gasteiger partial charge in [-0.05, 0) is 5.41 Å². The second kappa shape index (κ2) is 12.1. The van der Waals surface area contributed by atoms with Gasteiger partial charge in [-0.3, -0.25) is 29.1 Å². The summed E-state index contributed by atoms with van der Waals surface area (Å²) in [6, 6.07) is 0. The van der Waals surface area contributed by atoms with Crippen molar-refractivity contribution in [3.05, 3.63) is 0 Å². The fourth-order valence-electron chi connectivity index (χ4n) is 3.46. The van der Waals surface area contributed by atoms with Crippen LogP contribution in [0.1, 0.15) is 20.8 Å². The molecule has 168 valence electrons. The maximum Gasteiger partial charge on any atom is 0.317 e. The zero-order chi connectivity index (χ0) is 22.0. The monoisotopic (exact) mass is 416 g/mol. The summed E-state index contributed by atoms with van der Waals surface area (Å²) in [4.78, 5) is 41.3. The lowest BCUT2D eigenvalue weighted by Gasteiger charge is -2.35. The highest BCUT2D eigenvalue weighted by Gasteiger charge is 2.22. The predicted octanol–water partition coefficient (Wildman–Crippen LogP) is -0.492. The lowest BCUT2D eigenvalue weighted by molar-refractivity contribution is -0.140. The Morgan fingerprint density at radius 1 is 0.586 bits per heavy atom. The Labute approximate surface area is 172 Å². The van der Waals surface area contributed by atoms with Crippen LogP contribution in [0, 0.1) is 5.41 Å². The number of hydrogen-bond donors (Lipinski definition) is 3. The van der Waals surface area contributed by atoms with E-state index < -0.39 is 17.9 Å². The third-order valence-electron chi connectivity index (χ3n) is 4.70. The van der Waals surface area contributed by atoms with Crippen molar-refractivity contribution in [3.8, 4) is 0 Å². The van der Waals surface area contributed by atoms with Crippen molar-refractivity contribution in [2.75, 3.05) is 78.5 Å². The molecule has 0 radical (unpaired) electrons. The van der Waals surface area contributed by atoms with E-state index in [-0.39, 0.29) is 25.0 Å². The number of carboxylic acids is 3. The average Bonchev–Trinajstić information content (AvgIpc) is 2.54. The molecule has 0 aromatic rings. The third kappa shape index (κ3) is 12.4. The largest absolute Gasteiger partial charge is 0.480 e. The van der Waals surface area contributed by atoms with E-state index in [4.69, 9.17) is 5.11 Å². The summed E-state index contributed by atoms with van der Waals surface area (Å²) >= 11 is 0. The number of rotatable bonds is 7. The van der Waals surface area contributed by atoms with Gasteiger partial charge in [0.1, 0.15) is 0 Å². The van der Waals surface area contributed by atoms with Crippen LogP contribution >= 0.6 is 0 Å². The summed E-state index contributed by atoms with van der Waals surface area (Å²) in [7, 11) is 0. The molecule has 1 saturated heterocycles. The Bertz CT molecular complexity index is 519. The third-order valence-corrected chi connectivity index (χ3v) is 4.70. The van der Waals surface area contributed by atoms with Crippen LogP contribution in [0.4, 0.5) is 0 Å². The molecule has 0 unspecified atom stereocenters. The van der Waals surface area contributed by atoms with Gasteiger partial charge < -0.3 is 20.2 Å². The van der Waals surface area contributed by atoms with Gasteiger partial charge in [-0.15, -0.1) is 0 Å². The van der Waals surface area contributed by atoms with E-state index in [1.807, 2.05) is 9.80 Å². The average molecular weight is 417 g/mol. The van der Waals surface area contributed by atoms with Gasteiger partial charge in [0, 0.05) is 58.9 Å². The zero-order valence-electron chi connectivity index (χ0n) is 17.8. The van der Waals surface area contributed by atoms with Crippen molar-refractivity contribution in [2.24, 2.45) is 5.41 Å². The van der Waals surface area contributed by atoms with E-state index in [2.05, 4.69) is 25.7 Å². The molecule has 0 aliphatic carbocycles. The molecule has 0 atom stereocenters. The first-order valence-corrected chi connectivity index (χ1v) is 9.99. The van der Waals surface area contributed by atoms with Crippen molar-refractivity contribution < 1.29 is 29.7 Å². The molecule has 0 aromatic heterocycles. The first-order valence-electron chi connectivity index (χ1n) is 9.99. The second-order valence-electron chi connectivity index (χ2n) is 8.85. The standard InChI is InChI=1S/C19H36N4O6/c1-19(2,3)15-23-10-8-21(13-17(26)27)6-4-20(12-16(24)25)5-7-22(9-11-23)14-18(28)29/h4-15H2,1-3H3,(H,24,25)(H,26,27)(H,28,29). The van der Waals surface area contributed by atoms with Crippen LogP contribution in [0.5, 0.6) is 0 Å². The number of carboxylic acid groups (broad SMARTS) is 3. The topological polar surface area (TPSA) is 125 Å². The van der Waals surface area contributed by atoms with E-state index in [0.717, 1.165) is 6.54 Å². The molecule has 0 saturated carbocycles. The predicted molar refractivity (Wildman–Crippen MR) is 108 cm³/mol. The molecule has 1 fully saturated rings. The minimum Gasteiger partial charge on any atom is -0.480 e. The summed E-state index contributed by atoms with van der Waals surface area (Å²) in [6.45, 7) is 11.1. The zero-order valence-corrected chi connectivity index (χ0v) is 17.8. The molecule has 29 heavy (non-hydrogen) atoms. The maximum absolute atomic E-state index is 11.2. The molecular weight excluding hydrogens is 380 g/mol. The Balaban J connectivity index is 2.94. The van der Waals surface area contributed by atoms with Crippen LogP contribution in [0.2, 0.25) is 0 Å². The number of hydrogen-bond acceptors (Lipinski definition) is 7. The summed E-state index contributed by atoms with van der Waals surface area (Å²) in [5.74, 6) is -2.77. The number of carbonyl (C=O) groups is 3. The molecule has 3 N–H and O–H groups in total. The molecular formula is C19H36N4O6. The lowest BCUT2D eigenvalue weighted by Crippen LogP contribution is -2.49. The molecule has 0 amide bonds. The molecule has 0 aromatic carbocycles. The van der Waals surface area contributed by atoms with E-state index in [1.165, 1.54) is 0 Å². The Hall–Kier alpha value is -1.75. The van der Waals surface area contributed by atoms with Crippen LogP contribution in [0.3, 0.4) is 0 Å². The van der Waals surface area contributed by atoms with Crippen LogP contribution in [0.15, 0.2) is 0 Å². The molecule has 1 aliphatic heterocycles. The number of aliphatic carboxylic acids is 3. The van der Waals surface area contributed by atoms with Crippen molar-refractivity contribution in [1.82, 2.24) is 19.6 Å². The highest BCUT2D eigenvalue weighted by molar-refractivity contribution is 5.69. The Morgan fingerprint density at radius 2 is 0.828 bits per heavy atom. The lowest BCUT2D eigenvalue weighted by atomic mass is 9.96. The van der Waals surface area contributed by atoms with E-state index in [0.29, 0.717) is 52.4 Å². The van der Waals surface area contributed by atoms with Gasteiger partial charge in [-0.25, -0.2) is 0 Å². The van der Waals surface area contributed by atoms with Gasteiger partial charge in [-0.1, -0.05) is 20.8 Å². The van der Waals surface area contributed by atoms with Crippen molar-refractivity contribution in [3.63, 3.8) is 0 Å². The van der Waals surface area contributed by atoms with Crippen LogP contribution in [-0.2, 0) is 14.4 Å². The highest BCUT2D eigenvalue weighted by Crippen LogP contribution is 2.15. The minimum atomic E-state index is -0.956. The molecule has 1 rings (SSSR count). The van der Waals surface area contributed by atoms with Gasteiger partial charge in [0.05, 0.1) is 19.6 Å². The normalized spacial score (nSPS) is 20.0. The summed E-state index contributed by atoms with van der Waals surface area (Å²) < 4.78 is 0. The SMILES string of the molecule is CC(C)(C)CN1CCN(CC(=O)O)CCN(CC(=O)O)CCN(CC(=O)O)CC1. The molecule has 1 aliphatic rings. The van der Waals surface area contributed by atoms with Gasteiger partial charge >= 0.3 is 17.9 Å². The highest BCUT2D eigenvalue weighted by atomic mass is 16.4. The Kier molecular flexibility index (Phi) is 10.5. The van der Waals surface area contributed by atoms with Crippen molar-refractivity contribution in [2.45, 2.75) is 20.8 Å². The van der Waals surface area contributed by atoms with Gasteiger partial charge in [-0.2, -0.15) is 0 Å². The van der Waals surface area contributed by atoms with Crippen molar-refractivity contribution >= 4 is 17.9 Å². The smallest absolute Gasteiger partial charge is 0.317 e. The molecule has 0 spiro atoms. The Morgan fingerprint density at radius 3 is 1.03 bits per heavy atom. The van der Waals surface area contributed by atoms with Crippen LogP contribution in [-0.4, -0.2) is 131 Å². The van der Waals surface area contributed by atoms with Crippen LogP contribution < -0.4 is 0 Å². The molecule has 10 heteroatoms. The fourth-order valence-corrected chi connectivity index (χ4v) is 3.46. The quantitative estimate of drug-likeness (QED) is 0.500. The van der Waals surface area contributed by atoms with Crippen molar-refractivity contribution in [1.29, 1.82) is 0 Å². The first kappa shape index (κ1) is 25.3. The summed E-state index contributed by atoms with van der Waals surface area (Å²) in [6.07, 6.45) is 0. The molecule has 10 nitrogen and oxygen atoms in total. The van der Waals surface area contributed by atoms with E-state index >= 15 is 0 Å². The maximum atomic E-state index is 11.2. The van der Waals surface area contributed by atoms with E-state index in [1.54, 1.807) is 4.90 Å². The second-order valence-corrected chi connectivity index (χ2v) is 8.85. The fraction of sp³-hybridized carbons (Fsp3) is 0.842. The summed E-state index contributed by atoms with van der Waals surface area (Å²) in [5.41, 5.74) is 0.0601. The van der Waals surface area contributed by atoms with Crippen LogP contribution in [0.25, 0.3) is 0 Å². The molecule has 0 bridgehead atoms.